The van der Waals surface area contributed by atoms with Crippen LogP contribution >= 0.6 is 0 Å². The standard InChI is InChI=1S/C17H15N5O2/c1-2-24-15-8-7-14-10-19-11-22(14)16(15)21-17(23)20-13-5-3-12(9-18)4-6-13/h3-8,10-11H,2H2,1H3,(H2,20,21,23). The van der Waals surface area contributed by atoms with Crippen LogP contribution in [-0.2, 0) is 0 Å². The summed E-state index contributed by atoms with van der Waals surface area (Å²) in [6.45, 7) is 2.35. The first kappa shape index (κ1) is 15.4. The number of rotatable bonds is 4. The number of aromatic nitrogens is 2. The second-order valence-corrected chi connectivity index (χ2v) is 4.94. The lowest BCUT2D eigenvalue weighted by atomic mass is 10.2. The molecule has 0 aliphatic carbocycles. The van der Waals surface area contributed by atoms with Gasteiger partial charge < -0.3 is 10.1 Å². The second kappa shape index (κ2) is 6.71. The highest BCUT2D eigenvalue weighted by molar-refractivity contribution is 6.00. The number of anilines is 2. The Morgan fingerprint density at radius 3 is 2.75 bits per heavy atom. The number of nitriles is 1. The van der Waals surface area contributed by atoms with Crippen LogP contribution in [-0.4, -0.2) is 22.0 Å². The summed E-state index contributed by atoms with van der Waals surface area (Å²) in [5.41, 5.74) is 1.96. The van der Waals surface area contributed by atoms with E-state index in [0.29, 0.717) is 29.4 Å². The Morgan fingerprint density at radius 1 is 1.25 bits per heavy atom. The lowest BCUT2D eigenvalue weighted by Crippen LogP contribution is -2.21. The number of pyridine rings is 1. The Hall–Kier alpha value is -3.53. The molecule has 120 valence electrons. The molecule has 0 radical (unpaired) electrons. The van der Waals surface area contributed by atoms with Gasteiger partial charge in [0.25, 0.3) is 0 Å². The van der Waals surface area contributed by atoms with E-state index < -0.39 is 6.03 Å². The quantitative estimate of drug-likeness (QED) is 0.771. The van der Waals surface area contributed by atoms with E-state index in [1.807, 2.05) is 19.1 Å². The van der Waals surface area contributed by atoms with Gasteiger partial charge in [-0.3, -0.25) is 9.72 Å². The van der Waals surface area contributed by atoms with Crippen molar-refractivity contribution >= 4 is 23.1 Å². The number of carbonyl (C=O) groups excluding carboxylic acids is 1. The van der Waals surface area contributed by atoms with Crippen LogP contribution in [0.2, 0.25) is 0 Å². The van der Waals surface area contributed by atoms with Gasteiger partial charge in [-0.2, -0.15) is 5.26 Å². The minimum atomic E-state index is -0.415. The van der Waals surface area contributed by atoms with E-state index >= 15 is 0 Å². The van der Waals surface area contributed by atoms with Crippen LogP contribution in [0, 0.1) is 11.3 Å². The van der Waals surface area contributed by atoms with Gasteiger partial charge in [-0.05, 0) is 43.3 Å². The number of hydrogen-bond acceptors (Lipinski definition) is 4. The van der Waals surface area contributed by atoms with Gasteiger partial charge in [0.05, 0.1) is 30.0 Å². The van der Waals surface area contributed by atoms with Crippen LogP contribution in [0.1, 0.15) is 12.5 Å². The summed E-state index contributed by atoms with van der Waals surface area (Å²) in [7, 11) is 0. The van der Waals surface area contributed by atoms with E-state index in [1.165, 1.54) is 0 Å². The Morgan fingerprint density at radius 2 is 2.04 bits per heavy atom. The minimum Gasteiger partial charge on any atom is -0.490 e. The fourth-order valence-corrected chi connectivity index (χ4v) is 2.27. The van der Waals surface area contributed by atoms with Gasteiger partial charge in [-0.1, -0.05) is 0 Å². The molecule has 2 heterocycles. The molecule has 0 atom stereocenters. The summed E-state index contributed by atoms with van der Waals surface area (Å²) in [4.78, 5) is 16.4. The molecule has 2 amide bonds. The third kappa shape index (κ3) is 3.13. The second-order valence-electron chi connectivity index (χ2n) is 4.94. The molecule has 1 aromatic carbocycles. The summed E-state index contributed by atoms with van der Waals surface area (Å²) in [5.74, 6) is 1.05. The fraction of sp³-hybridized carbons (Fsp3) is 0.118. The first-order valence-electron chi connectivity index (χ1n) is 7.37. The molecular weight excluding hydrogens is 306 g/mol. The van der Waals surface area contributed by atoms with Crippen LogP contribution in [0.4, 0.5) is 16.3 Å². The van der Waals surface area contributed by atoms with E-state index in [4.69, 9.17) is 10.00 Å². The summed E-state index contributed by atoms with van der Waals surface area (Å²) >= 11 is 0. The normalized spacial score (nSPS) is 10.2. The number of urea groups is 1. The van der Waals surface area contributed by atoms with E-state index in [2.05, 4.69) is 15.6 Å². The molecule has 0 saturated carbocycles. The van der Waals surface area contributed by atoms with Gasteiger partial charge in [0.1, 0.15) is 6.33 Å². The Labute approximate surface area is 138 Å². The molecule has 0 bridgehead atoms. The maximum atomic E-state index is 12.3. The smallest absolute Gasteiger partial charge is 0.324 e. The predicted octanol–water partition coefficient (Wildman–Crippen LogP) is 3.25. The summed E-state index contributed by atoms with van der Waals surface area (Å²) in [6, 6.07) is 11.9. The number of amides is 2. The van der Waals surface area contributed by atoms with Crippen LogP contribution in [0.15, 0.2) is 48.9 Å². The topological polar surface area (TPSA) is 91.4 Å². The van der Waals surface area contributed by atoms with Gasteiger partial charge >= 0.3 is 6.03 Å². The van der Waals surface area contributed by atoms with E-state index in [9.17, 15) is 4.79 Å². The summed E-state index contributed by atoms with van der Waals surface area (Å²) < 4.78 is 7.31. The number of hydrogen-bond donors (Lipinski definition) is 2. The fourth-order valence-electron chi connectivity index (χ4n) is 2.27. The Kier molecular flexibility index (Phi) is 4.29. The highest BCUT2D eigenvalue weighted by Gasteiger charge is 2.12. The minimum absolute atomic E-state index is 0.415. The van der Waals surface area contributed by atoms with Gasteiger partial charge in [-0.15, -0.1) is 0 Å². The molecule has 7 nitrogen and oxygen atoms in total. The van der Waals surface area contributed by atoms with Crippen molar-refractivity contribution in [3.05, 3.63) is 54.5 Å². The van der Waals surface area contributed by atoms with Crippen molar-refractivity contribution in [1.82, 2.24) is 9.38 Å². The van der Waals surface area contributed by atoms with Crippen molar-refractivity contribution < 1.29 is 9.53 Å². The number of benzene rings is 1. The molecular formula is C17H15N5O2. The molecule has 3 aromatic rings. The average Bonchev–Trinajstić information content (AvgIpc) is 3.07. The number of ether oxygens (including phenoxy) is 1. The lowest BCUT2D eigenvalue weighted by molar-refractivity contribution is 0.261. The molecule has 0 aliphatic heterocycles. The molecule has 0 spiro atoms. The number of fused-ring (bicyclic) bond motifs is 1. The van der Waals surface area contributed by atoms with Gasteiger partial charge in [0.15, 0.2) is 11.6 Å². The van der Waals surface area contributed by atoms with Crippen molar-refractivity contribution in [2.45, 2.75) is 6.92 Å². The predicted molar refractivity (Wildman–Crippen MR) is 90.2 cm³/mol. The largest absolute Gasteiger partial charge is 0.490 e. The van der Waals surface area contributed by atoms with Crippen molar-refractivity contribution in [1.29, 1.82) is 5.26 Å². The number of carbonyl (C=O) groups is 1. The number of nitrogens with one attached hydrogen (secondary N) is 2. The molecule has 7 heteroatoms. The zero-order valence-electron chi connectivity index (χ0n) is 13.0. The van der Waals surface area contributed by atoms with Crippen LogP contribution < -0.4 is 15.4 Å². The summed E-state index contributed by atoms with van der Waals surface area (Å²) in [5, 5.41) is 14.3. The third-order valence-electron chi connectivity index (χ3n) is 3.35. The third-order valence-corrected chi connectivity index (χ3v) is 3.35. The first-order chi connectivity index (χ1) is 11.7. The van der Waals surface area contributed by atoms with E-state index in [0.717, 1.165) is 5.52 Å². The molecule has 0 aliphatic rings. The Balaban J connectivity index is 1.82. The molecule has 0 fully saturated rings. The monoisotopic (exact) mass is 321 g/mol. The highest BCUT2D eigenvalue weighted by Crippen LogP contribution is 2.26. The summed E-state index contributed by atoms with van der Waals surface area (Å²) in [6.07, 6.45) is 3.30. The Bertz CT molecular complexity index is 909. The molecule has 0 saturated heterocycles. The van der Waals surface area contributed by atoms with Gasteiger partial charge in [0.2, 0.25) is 0 Å². The van der Waals surface area contributed by atoms with Crippen molar-refractivity contribution in [2.75, 3.05) is 17.2 Å². The van der Waals surface area contributed by atoms with Crippen molar-refractivity contribution in [3.63, 3.8) is 0 Å². The SMILES string of the molecule is CCOc1ccc2cncn2c1NC(=O)Nc1ccc(C#N)cc1. The number of nitrogens with zero attached hydrogens (tertiary/aromatic N) is 3. The van der Waals surface area contributed by atoms with Crippen molar-refractivity contribution in [3.8, 4) is 11.8 Å². The molecule has 2 N–H and O–H groups in total. The average molecular weight is 321 g/mol. The van der Waals surface area contributed by atoms with Crippen LogP contribution in [0.3, 0.4) is 0 Å². The van der Waals surface area contributed by atoms with Crippen LogP contribution in [0.5, 0.6) is 5.75 Å². The lowest BCUT2D eigenvalue weighted by Gasteiger charge is -2.14. The molecule has 24 heavy (non-hydrogen) atoms. The molecule has 0 unspecified atom stereocenters. The van der Waals surface area contributed by atoms with Crippen LogP contribution in [0.25, 0.3) is 5.52 Å². The maximum absolute atomic E-state index is 12.3. The maximum Gasteiger partial charge on any atom is 0.324 e. The highest BCUT2D eigenvalue weighted by atomic mass is 16.5. The van der Waals surface area contributed by atoms with Gasteiger partial charge in [-0.25, -0.2) is 9.78 Å². The molecule has 2 aromatic heterocycles. The zero-order chi connectivity index (χ0) is 16.9. The van der Waals surface area contributed by atoms with Crippen molar-refractivity contribution in [2.24, 2.45) is 0 Å². The van der Waals surface area contributed by atoms with Gasteiger partial charge in [0, 0.05) is 5.69 Å². The first-order valence-corrected chi connectivity index (χ1v) is 7.37. The molecule has 3 rings (SSSR count). The zero-order valence-corrected chi connectivity index (χ0v) is 13.0. The van der Waals surface area contributed by atoms with E-state index in [1.54, 1.807) is 47.3 Å². The number of imidazole rings is 1. The van der Waals surface area contributed by atoms with E-state index in [-0.39, 0.29) is 0 Å².